The summed E-state index contributed by atoms with van der Waals surface area (Å²) in [5, 5.41) is 5.64. The summed E-state index contributed by atoms with van der Waals surface area (Å²) in [5.41, 5.74) is 3.07. The highest BCUT2D eigenvalue weighted by Crippen LogP contribution is 2.36. The summed E-state index contributed by atoms with van der Waals surface area (Å²) in [7, 11) is 0. The second-order valence-electron chi connectivity index (χ2n) is 7.78. The number of ether oxygens (including phenoxy) is 2. The molecule has 0 radical (unpaired) electrons. The molecule has 8 nitrogen and oxygen atoms in total. The maximum absolute atomic E-state index is 12.7. The molecule has 2 heterocycles. The maximum Gasteiger partial charge on any atom is 0.338 e. The van der Waals surface area contributed by atoms with E-state index < -0.39 is 5.97 Å². The summed E-state index contributed by atoms with van der Waals surface area (Å²) in [6, 6.07) is 11.9. The first kappa shape index (κ1) is 22.5. The summed E-state index contributed by atoms with van der Waals surface area (Å²) in [5.74, 6) is -0.574. The molecule has 0 saturated carbocycles. The number of carbonyl (C=O) groups excluding carboxylic acids is 3. The van der Waals surface area contributed by atoms with Crippen molar-refractivity contribution < 1.29 is 23.9 Å². The largest absolute Gasteiger partial charge is 0.482 e. The van der Waals surface area contributed by atoms with Crippen LogP contribution >= 0.6 is 11.3 Å². The monoisotopic (exact) mass is 465 g/mol. The number of nitrogens with zero attached hydrogens (tertiary/aromatic N) is 2. The number of nitrogens with one attached hydrogen (secondary N) is 1. The van der Waals surface area contributed by atoms with E-state index in [1.54, 1.807) is 44.2 Å². The van der Waals surface area contributed by atoms with Crippen molar-refractivity contribution in [1.29, 1.82) is 0 Å². The maximum atomic E-state index is 12.7. The van der Waals surface area contributed by atoms with Crippen molar-refractivity contribution in [2.45, 2.75) is 26.9 Å². The van der Waals surface area contributed by atoms with Crippen LogP contribution in [0.3, 0.4) is 0 Å². The zero-order valence-corrected chi connectivity index (χ0v) is 19.3. The van der Waals surface area contributed by atoms with Crippen molar-refractivity contribution >= 4 is 40.5 Å². The van der Waals surface area contributed by atoms with Gasteiger partial charge < -0.3 is 14.8 Å². The number of aromatic nitrogens is 1. The van der Waals surface area contributed by atoms with E-state index in [2.05, 4.69) is 10.3 Å². The van der Waals surface area contributed by atoms with E-state index in [4.69, 9.17) is 9.47 Å². The lowest BCUT2D eigenvalue weighted by Gasteiger charge is -2.29. The molecule has 170 valence electrons. The Morgan fingerprint density at radius 1 is 1.21 bits per heavy atom. The predicted octanol–water partition coefficient (Wildman–Crippen LogP) is 4.05. The fraction of sp³-hybridized carbons (Fsp3) is 0.250. The zero-order chi connectivity index (χ0) is 23.5. The highest BCUT2D eigenvalue weighted by molar-refractivity contribution is 7.09. The Hall–Kier alpha value is -3.72. The summed E-state index contributed by atoms with van der Waals surface area (Å²) in [4.78, 5) is 43.1. The third-order valence-corrected chi connectivity index (χ3v) is 5.64. The van der Waals surface area contributed by atoms with Gasteiger partial charge in [-0.1, -0.05) is 0 Å². The van der Waals surface area contributed by atoms with E-state index in [9.17, 15) is 14.4 Å². The van der Waals surface area contributed by atoms with Crippen LogP contribution in [0.4, 0.5) is 11.4 Å². The zero-order valence-electron chi connectivity index (χ0n) is 18.5. The van der Waals surface area contributed by atoms with Gasteiger partial charge >= 0.3 is 5.97 Å². The summed E-state index contributed by atoms with van der Waals surface area (Å²) >= 11 is 1.54. The van der Waals surface area contributed by atoms with Gasteiger partial charge in [-0.05, 0) is 63.2 Å². The molecule has 2 amide bonds. The van der Waals surface area contributed by atoms with Crippen LogP contribution in [0, 0.1) is 6.92 Å². The van der Waals surface area contributed by atoms with Crippen LogP contribution in [0.1, 0.15) is 29.2 Å². The normalized spacial score (nSPS) is 12.8. The highest BCUT2D eigenvalue weighted by Gasteiger charge is 2.28. The topological polar surface area (TPSA) is 97.8 Å². The number of aryl methyl sites for hydroxylation is 1. The van der Waals surface area contributed by atoms with Gasteiger partial charge in [0, 0.05) is 16.6 Å². The first-order valence-corrected chi connectivity index (χ1v) is 11.3. The van der Waals surface area contributed by atoms with E-state index in [1.165, 1.54) is 16.2 Å². The summed E-state index contributed by atoms with van der Waals surface area (Å²) < 4.78 is 10.7. The number of esters is 1. The first-order valence-electron chi connectivity index (χ1n) is 10.4. The van der Waals surface area contributed by atoms with Crippen molar-refractivity contribution in [1.82, 2.24) is 4.98 Å². The Balaban J connectivity index is 1.48. The third kappa shape index (κ3) is 5.20. The molecule has 0 unspecified atom stereocenters. The minimum Gasteiger partial charge on any atom is -0.482 e. The number of rotatable bonds is 6. The molecule has 1 aliphatic heterocycles. The molecule has 1 aliphatic rings. The molecule has 0 atom stereocenters. The fourth-order valence-corrected chi connectivity index (χ4v) is 3.97. The third-order valence-electron chi connectivity index (χ3n) is 4.87. The molecule has 0 bridgehead atoms. The van der Waals surface area contributed by atoms with E-state index >= 15 is 0 Å². The molecular formula is C24H23N3O5S. The van der Waals surface area contributed by atoms with Gasteiger partial charge in [-0.25, -0.2) is 9.78 Å². The van der Waals surface area contributed by atoms with Crippen molar-refractivity contribution in [3.05, 3.63) is 58.4 Å². The molecule has 33 heavy (non-hydrogen) atoms. The van der Waals surface area contributed by atoms with Crippen LogP contribution in [-0.2, 0) is 14.3 Å². The molecule has 0 saturated heterocycles. The average Bonchev–Trinajstić information content (AvgIpc) is 3.21. The van der Waals surface area contributed by atoms with Gasteiger partial charge in [0.15, 0.2) is 6.61 Å². The number of fused-ring (bicyclic) bond motifs is 1. The standard InChI is InChI=1S/C24H23N3O5S/c1-14(2)32-24(30)16-4-7-18(8-5-16)26-22(28)11-27-20-10-17(19-13-33-15(3)25-19)6-9-21(20)31-12-23(27)29/h4-10,13-14H,11-12H2,1-3H3,(H,26,28). The molecule has 2 aromatic carbocycles. The van der Waals surface area contributed by atoms with Gasteiger partial charge in [-0.3, -0.25) is 14.5 Å². The Morgan fingerprint density at radius 2 is 1.97 bits per heavy atom. The van der Waals surface area contributed by atoms with Crippen LogP contribution in [0.5, 0.6) is 5.75 Å². The molecule has 0 fully saturated rings. The van der Waals surface area contributed by atoms with Crippen LogP contribution in [0.25, 0.3) is 11.3 Å². The second-order valence-corrected chi connectivity index (χ2v) is 8.84. The lowest BCUT2D eigenvalue weighted by atomic mass is 10.1. The predicted molar refractivity (Wildman–Crippen MR) is 126 cm³/mol. The molecule has 0 spiro atoms. The summed E-state index contributed by atoms with van der Waals surface area (Å²) in [6.45, 7) is 5.17. The van der Waals surface area contributed by atoms with Crippen molar-refractivity contribution in [2.75, 3.05) is 23.4 Å². The van der Waals surface area contributed by atoms with Gasteiger partial charge in [0.2, 0.25) is 5.91 Å². The minimum atomic E-state index is -0.426. The number of anilines is 2. The van der Waals surface area contributed by atoms with Crippen molar-refractivity contribution in [2.24, 2.45) is 0 Å². The quantitative estimate of drug-likeness (QED) is 0.552. The minimum absolute atomic E-state index is 0.137. The van der Waals surface area contributed by atoms with E-state index in [0.717, 1.165) is 16.3 Å². The smallest absolute Gasteiger partial charge is 0.338 e. The van der Waals surface area contributed by atoms with E-state index in [0.29, 0.717) is 22.7 Å². The second kappa shape index (κ2) is 9.41. The molecular weight excluding hydrogens is 442 g/mol. The number of amides is 2. The van der Waals surface area contributed by atoms with Crippen molar-refractivity contribution in [3.63, 3.8) is 0 Å². The van der Waals surface area contributed by atoms with Crippen LogP contribution in [-0.4, -0.2) is 42.0 Å². The van der Waals surface area contributed by atoms with Crippen LogP contribution < -0.4 is 15.0 Å². The van der Waals surface area contributed by atoms with E-state index in [-0.39, 0.29) is 31.1 Å². The van der Waals surface area contributed by atoms with E-state index in [1.807, 2.05) is 24.4 Å². The molecule has 1 N–H and O–H groups in total. The Labute approximate surface area is 195 Å². The Morgan fingerprint density at radius 3 is 2.64 bits per heavy atom. The number of hydrogen-bond donors (Lipinski definition) is 1. The first-order chi connectivity index (χ1) is 15.8. The van der Waals surface area contributed by atoms with Gasteiger partial charge in [-0.2, -0.15) is 0 Å². The summed E-state index contributed by atoms with van der Waals surface area (Å²) in [6.07, 6.45) is -0.217. The van der Waals surface area contributed by atoms with Crippen LogP contribution in [0.15, 0.2) is 47.8 Å². The number of benzene rings is 2. The Bertz CT molecular complexity index is 1200. The molecule has 1 aromatic heterocycles. The fourth-order valence-electron chi connectivity index (χ4n) is 3.35. The average molecular weight is 466 g/mol. The number of carbonyl (C=O) groups is 3. The SMILES string of the molecule is Cc1nc(-c2ccc3c(c2)N(CC(=O)Nc2ccc(C(=O)OC(C)C)cc2)C(=O)CO3)cs1. The highest BCUT2D eigenvalue weighted by atomic mass is 32.1. The van der Waals surface area contributed by atoms with Gasteiger partial charge in [0.25, 0.3) is 5.91 Å². The molecule has 0 aliphatic carbocycles. The Kier molecular flexibility index (Phi) is 6.41. The van der Waals surface area contributed by atoms with Crippen molar-refractivity contribution in [3.8, 4) is 17.0 Å². The molecule has 9 heteroatoms. The number of thiazole rings is 1. The number of hydrogen-bond acceptors (Lipinski definition) is 7. The molecule has 4 rings (SSSR count). The lowest BCUT2D eigenvalue weighted by molar-refractivity contribution is -0.123. The van der Waals surface area contributed by atoms with Gasteiger partial charge in [-0.15, -0.1) is 11.3 Å². The van der Waals surface area contributed by atoms with Crippen LogP contribution in [0.2, 0.25) is 0 Å². The molecule has 3 aromatic rings. The van der Waals surface area contributed by atoms with Gasteiger partial charge in [0.05, 0.1) is 28.1 Å². The lowest BCUT2D eigenvalue weighted by Crippen LogP contribution is -2.43. The van der Waals surface area contributed by atoms with Gasteiger partial charge in [0.1, 0.15) is 12.3 Å².